The predicted molar refractivity (Wildman–Crippen MR) is 94.8 cm³/mol. The summed E-state index contributed by atoms with van der Waals surface area (Å²) < 4.78 is 18.4. The first-order valence-corrected chi connectivity index (χ1v) is 8.74. The van der Waals surface area contributed by atoms with E-state index in [1.165, 1.54) is 29.7 Å². The molecule has 26 heavy (non-hydrogen) atoms. The molecule has 0 bridgehead atoms. The second-order valence-electron chi connectivity index (χ2n) is 5.46. The first kappa shape index (κ1) is 17.8. The van der Waals surface area contributed by atoms with Crippen LogP contribution in [0, 0.1) is 5.82 Å². The van der Waals surface area contributed by atoms with E-state index in [-0.39, 0.29) is 37.1 Å². The molecule has 0 saturated heterocycles. The molecule has 0 aliphatic rings. The quantitative estimate of drug-likeness (QED) is 0.667. The Morgan fingerprint density at radius 3 is 2.81 bits per heavy atom. The van der Waals surface area contributed by atoms with Crippen LogP contribution in [-0.4, -0.2) is 23.3 Å². The van der Waals surface area contributed by atoms with Gasteiger partial charge in [-0.2, -0.15) is 0 Å². The standard InChI is InChI=1S/C18H16FN3O3S/c19-13-4-1-3-12(7-13)18-22-14(11-26-18)8-16(23)21-10-17(24)20-9-15-5-2-6-25-15/h1-7,11H,8-10H2,(H,20,24)(H,21,23). The molecular weight excluding hydrogens is 357 g/mol. The number of carbonyl (C=O) groups excluding carboxylic acids is 2. The number of hydrogen-bond acceptors (Lipinski definition) is 5. The van der Waals surface area contributed by atoms with Crippen LogP contribution in [0.1, 0.15) is 11.5 Å². The third-order valence-corrected chi connectivity index (χ3v) is 4.39. The van der Waals surface area contributed by atoms with E-state index in [1.807, 2.05) is 0 Å². The number of furan rings is 1. The van der Waals surface area contributed by atoms with E-state index in [0.717, 1.165) is 0 Å². The number of benzene rings is 1. The van der Waals surface area contributed by atoms with Crippen molar-refractivity contribution in [3.63, 3.8) is 0 Å². The maximum Gasteiger partial charge on any atom is 0.239 e. The van der Waals surface area contributed by atoms with Crippen LogP contribution in [-0.2, 0) is 22.6 Å². The first-order chi connectivity index (χ1) is 12.6. The normalized spacial score (nSPS) is 10.5. The summed E-state index contributed by atoms with van der Waals surface area (Å²) in [7, 11) is 0. The van der Waals surface area contributed by atoms with Crippen LogP contribution in [0.5, 0.6) is 0 Å². The van der Waals surface area contributed by atoms with Gasteiger partial charge in [0.25, 0.3) is 0 Å². The molecule has 0 aliphatic heterocycles. The summed E-state index contributed by atoms with van der Waals surface area (Å²) in [6.45, 7) is 0.144. The zero-order valence-electron chi connectivity index (χ0n) is 13.7. The van der Waals surface area contributed by atoms with E-state index in [9.17, 15) is 14.0 Å². The average molecular weight is 373 g/mol. The van der Waals surface area contributed by atoms with E-state index in [2.05, 4.69) is 15.6 Å². The van der Waals surface area contributed by atoms with Crippen LogP contribution < -0.4 is 10.6 Å². The number of aromatic nitrogens is 1. The molecule has 0 saturated carbocycles. The van der Waals surface area contributed by atoms with Gasteiger partial charge in [-0.15, -0.1) is 11.3 Å². The number of carbonyl (C=O) groups is 2. The van der Waals surface area contributed by atoms with Crippen LogP contribution in [0.15, 0.2) is 52.5 Å². The van der Waals surface area contributed by atoms with Gasteiger partial charge in [0, 0.05) is 10.9 Å². The van der Waals surface area contributed by atoms with E-state index in [1.54, 1.807) is 29.6 Å². The lowest BCUT2D eigenvalue weighted by Gasteiger charge is -2.05. The molecule has 2 aromatic heterocycles. The zero-order valence-corrected chi connectivity index (χ0v) is 14.5. The van der Waals surface area contributed by atoms with Crippen LogP contribution >= 0.6 is 11.3 Å². The molecule has 1 aromatic carbocycles. The van der Waals surface area contributed by atoms with Gasteiger partial charge in [0.1, 0.15) is 16.6 Å². The van der Waals surface area contributed by atoms with E-state index in [4.69, 9.17) is 4.42 Å². The largest absolute Gasteiger partial charge is 0.467 e. The molecule has 2 N–H and O–H groups in total. The van der Waals surface area contributed by atoms with Crippen LogP contribution in [0.4, 0.5) is 4.39 Å². The molecular formula is C18H16FN3O3S. The molecule has 134 valence electrons. The zero-order chi connectivity index (χ0) is 18.4. The molecule has 8 heteroatoms. The van der Waals surface area contributed by atoms with Gasteiger partial charge in [0.2, 0.25) is 11.8 Å². The lowest BCUT2D eigenvalue weighted by molar-refractivity contribution is -0.125. The minimum absolute atomic E-state index is 0.0529. The van der Waals surface area contributed by atoms with Crippen LogP contribution in [0.25, 0.3) is 10.6 Å². The Balaban J connectivity index is 1.45. The lowest BCUT2D eigenvalue weighted by atomic mass is 10.2. The summed E-state index contributed by atoms with van der Waals surface area (Å²) in [5.74, 6) is -0.322. The highest BCUT2D eigenvalue weighted by Crippen LogP contribution is 2.24. The maximum atomic E-state index is 13.3. The topological polar surface area (TPSA) is 84.2 Å². The predicted octanol–water partition coefficient (Wildman–Crippen LogP) is 2.52. The second-order valence-corrected chi connectivity index (χ2v) is 6.32. The highest BCUT2D eigenvalue weighted by molar-refractivity contribution is 7.13. The third-order valence-electron chi connectivity index (χ3n) is 3.45. The fourth-order valence-electron chi connectivity index (χ4n) is 2.21. The summed E-state index contributed by atoms with van der Waals surface area (Å²) in [5.41, 5.74) is 1.24. The molecule has 2 amide bonds. The van der Waals surface area contributed by atoms with Gasteiger partial charge in [0.05, 0.1) is 31.5 Å². The van der Waals surface area contributed by atoms with E-state index >= 15 is 0 Å². The van der Waals surface area contributed by atoms with E-state index in [0.29, 0.717) is 22.0 Å². The first-order valence-electron chi connectivity index (χ1n) is 7.86. The SMILES string of the molecule is O=C(CNC(=O)Cc1csc(-c2cccc(F)c2)n1)NCc1ccco1. The van der Waals surface area contributed by atoms with Crippen molar-refractivity contribution in [2.45, 2.75) is 13.0 Å². The number of rotatable bonds is 7. The molecule has 0 aliphatic carbocycles. The van der Waals surface area contributed by atoms with Crippen LogP contribution in [0.3, 0.4) is 0 Å². The van der Waals surface area contributed by atoms with Crippen molar-refractivity contribution in [1.29, 1.82) is 0 Å². The Bertz CT molecular complexity index is 893. The number of nitrogens with one attached hydrogen (secondary N) is 2. The van der Waals surface area contributed by atoms with Gasteiger partial charge >= 0.3 is 0 Å². The molecule has 2 heterocycles. The molecule has 3 rings (SSSR count). The van der Waals surface area contributed by atoms with Gasteiger partial charge < -0.3 is 15.1 Å². The third kappa shape index (κ3) is 5.00. The Morgan fingerprint density at radius 2 is 2.04 bits per heavy atom. The second kappa shape index (κ2) is 8.39. The highest BCUT2D eigenvalue weighted by atomic mass is 32.1. The van der Waals surface area contributed by atoms with Gasteiger partial charge in [-0.05, 0) is 24.3 Å². The number of hydrogen-bond donors (Lipinski definition) is 2. The Kier molecular flexibility index (Phi) is 5.75. The van der Waals surface area contributed by atoms with Crippen molar-refractivity contribution >= 4 is 23.2 Å². The Labute approximate surface area is 153 Å². The molecule has 3 aromatic rings. The number of nitrogens with zero attached hydrogens (tertiary/aromatic N) is 1. The van der Waals surface area contributed by atoms with Gasteiger partial charge in [-0.25, -0.2) is 9.37 Å². The minimum atomic E-state index is -0.336. The summed E-state index contributed by atoms with van der Waals surface area (Å²) in [5, 5.41) is 7.57. The van der Waals surface area contributed by atoms with Crippen LogP contribution in [0.2, 0.25) is 0 Å². The van der Waals surface area contributed by atoms with Crippen molar-refractivity contribution in [1.82, 2.24) is 15.6 Å². The summed E-state index contributed by atoms with van der Waals surface area (Å²) in [4.78, 5) is 28.0. The Morgan fingerprint density at radius 1 is 1.15 bits per heavy atom. The van der Waals surface area contributed by atoms with Gasteiger partial charge in [0.15, 0.2) is 0 Å². The summed E-state index contributed by atoms with van der Waals surface area (Å²) >= 11 is 1.34. The lowest BCUT2D eigenvalue weighted by Crippen LogP contribution is -2.37. The number of amides is 2. The fraction of sp³-hybridized carbons (Fsp3) is 0.167. The number of thiazole rings is 1. The van der Waals surface area contributed by atoms with Gasteiger partial charge in [-0.3, -0.25) is 9.59 Å². The number of halogens is 1. The highest BCUT2D eigenvalue weighted by Gasteiger charge is 2.11. The average Bonchev–Trinajstić information content (AvgIpc) is 3.30. The minimum Gasteiger partial charge on any atom is -0.467 e. The smallest absolute Gasteiger partial charge is 0.239 e. The molecule has 0 spiro atoms. The maximum absolute atomic E-state index is 13.3. The van der Waals surface area contributed by atoms with E-state index < -0.39 is 0 Å². The van der Waals surface area contributed by atoms with Crippen molar-refractivity contribution in [3.05, 3.63) is 65.3 Å². The summed E-state index contributed by atoms with van der Waals surface area (Å²) in [6, 6.07) is 9.61. The summed E-state index contributed by atoms with van der Waals surface area (Å²) in [6.07, 6.45) is 1.58. The van der Waals surface area contributed by atoms with Crippen molar-refractivity contribution in [3.8, 4) is 10.6 Å². The monoisotopic (exact) mass is 373 g/mol. The Hall–Kier alpha value is -3.00. The molecule has 0 fully saturated rings. The van der Waals surface area contributed by atoms with Crippen molar-refractivity contribution < 1.29 is 18.4 Å². The fourth-order valence-corrected chi connectivity index (χ4v) is 3.03. The molecule has 0 atom stereocenters. The van der Waals surface area contributed by atoms with Crippen molar-refractivity contribution in [2.24, 2.45) is 0 Å². The van der Waals surface area contributed by atoms with Gasteiger partial charge in [-0.1, -0.05) is 12.1 Å². The molecule has 0 radical (unpaired) electrons. The molecule has 0 unspecified atom stereocenters. The molecule has 6 nitrogen and oxygen atoms in total. The van der Waals surface area contributed by atoms with Crippen molar-refractivity contribution in [2.75, 3.05) is 6.54 Å².